The first kappa shape index (κ1) is 21.2. The summed E-state index contributed by atoms with van der Waals surface area (Å²) in [4.78, 5) is 18.5. The molecule has 0 aliphatic carbocycles. The fraction of sp³-hybridized carbons (Fsp3) is 0.316. The summed E-state index contributed by atoms with van der Waals surface area (Å²) < 4.78 is 26.8. The highest BCUT2D eigenvalue weighted by Crippen LogP contribution is 2.21. The molecule has 1 aliphatic rings. The third-order valence-electron chi connectivity index (χ3n) is 4.83. The van der Waals surface area contributed by atoms with E-state index in [1.807, 2.05) is 11.0 Å². The number of sulfonamides is 1. The first-order chi connectivity index (χ1) is 13.8. The molecule has 29 heavy (non-hydrogen) atoms. The van der Waals surface area contributed by atoms with Gasteiger partial charge in [-0.05, 0) is 37.3 Å². The van der Waals surface area contributed by atoms with Gasteiger partial charge < -0.3 is 5.32 Å². The summed E-state index contributed by atoms with van der Waals surface area (Å²) in [5, 5.41) is 12.0. The molecule has 152 valence electrons. The number of aromatic nitrogens is 1. The molecule has 1 amide bonds. The first-order valence-corrected chi connectivity index (χ1v) is 10.8. The lowest BCUT2D eigenvalue weighted by Gasteiger charge is -2.36. The maximum absolute atomic E-state index is 12.7. The van der Waals surface area contributed by atoms with Crippen LogP contribution in [0, 0.1) is 11.3 Å². The van der Waals surface area contributed by atoms with Gasteiger partial charge in [0.1, 0.15) is 11.0 Å². The molecule has 1 fully saturated rings. The number of nitriles is 1. The van der Waals surface area contributed by atoms with Crippen molar-refractivity contribution in [2.24, 2.45) is 0 Å². The van der Waals surface area contributed by atoms with Gasteiger partial charge >= 0.3 is 0 Å². The number of carbonyl (C=O) groups excluding carboxylic acids is 1. The van der Waals surface area contributed by atoms with Crippen LogP contribution in [0.25, 0.3) is 0 Å². The van der Waals surface area contributed by atoms with Crippen LogP contribution >= 0.6 is 11.6 Å². The van der Waals surface area contributed by atoms with Crippen LogP contribution in [0.1, 0.15) is 12.5 Å². The van der Waals surface area contributed by atoms with Gasteiger partial charge in [-0.15, -0.1) is 0 Å². The molecule has 0 unspecified atom stereocenters. The fourth-order valence-corrected chi connectivity index (χ4v) is 4.69. The lowest BCUT2D eigenvalue weighted by atomic mass is 10.2. The topological polar surface area (TPSA) is 106 Å². The van der Waals surface area contributed by atoms with Gasteiger partial charge in [-0.3, -0.25) is 14.7 Å². The predicted octanol–water partition coefficient (Wildman–Crippen LogP) is 1.94. The molecule has 2 aromatic rings. The zero-order valence-corrected chi connectivity index (χ0v) is 17.3. The second-order valence-corrected chi connectivity index (χ2v) is 8.95. The molecule has 1 saturated heterocycles. The van der Waals surface area contributed by atoms with Crippen molar-refractivity contribution in [2.75, 3.05) is 31.5 Å². The van der Waals surface area contributed by atoms with Gasteiger partial charge in [0.15, 0.2) is 0 Å². The van der Waals surface area contributed by atoms with E-state index in [4.69, 9.17) is 16.9 Å². The maximum atomic E-state index is 12.7. The van der Waals surface area contributed by atoms with E-state index in [9.17, 15) is 13.2 Å². The van der Waals surface area contributed by atoms with E-state index in [1.165, 1.54) is 28.8 Å². The van der Waals surface area contributed by atoms with E-state index in [2.05, 4.69) is 10.3 Å². The van der Waals surface area contributed by atoms with Crippen LogP contribution < -0.4 is 5.32 Å². The molecular formula is C19H20ClN5O3S. The molecule has 8 nitrogen and oxygen atoms in total. The zero-order chi connectivity index (χ0) is 21.0. The average molecular weight is 434 g/mol. The molecule has 0 saturated carbocycles. The molecule has 1 aromatic heterocycles. The highest BCUT2D eigenvalue weighted by Gasteiger charge is 2.31. The van der Waals surface area contributed by atoms with Gasteiger partial charge in [0.05, 0.1) is 16.6 Å². The summed E-state index contributed by atoms with van der Waals surface area (Å²) in [5.41, 5.74) is 0.840. The van der Waals surface area contributed by atoms with Crippen molar-refractivity contribution in [3.05, 3.63) is 53.3 Å². The average Bonchev–Trinajstić information content (AvgIpc) is 2.74. The second-order valence-electron chi connectivity index (χ2n) is 6.60. The Bertz CT molecular complexity index is 1030. The van der Waals surface area contributed by atoms with E-state index in [1.54, 1.807) is 25.1 Å². The van der Waals surface area contributed by atoms with Crippen molar-refractivity contribution in [3.63, 3.8) is 0 Å². The monoisotopic (exact) mass is 433 g/mol. The molecule has 1 aromatic carbocycles. The normalized spacial score (nSPS) is 16.7. The number of amides is 1. The largest absolute Gasteiger partial charge is 0.325 e. The molecule has 0 bridgehead atoms. The van der Waals surface area contributed by atoms with Crippen molar-refractivity contribution in [1.82, 2.24) is 14.2 Å². The number of nitrogens with zero attached hydrogens (tertiary/aromatic N) is 4. The Hall–Kier alpha value is -2.51. The van der Waals surface area contributed by atoms with Gasteiger partial charge in [-0.25, -0.2) is 8.42 Å². The molecule has 10 heteroatoms. The lowest BCUT2D eigenvalue weighted by molar-refractivity contribution is -0.121. The van der Waals surface area contributed by atoms with Crippen LogP contribution in [0.3, 0.4) is 0 Å². The lowest BCUT2D eigenvalue weighted by Crippen LogP contribution is -2.53. The van der Waals surface area contributed by atoms with Crippen LogP contribution in [0.4, 0.5) is 5.69 Å². The van der Waals surface area contributed by atoms with Crippen LogP contribution in [0.15, 0.2) is 47.6 Å². The Morgan fingerprint density at radius 3 is 2.59 bits per heavy atom. The number of benzene rings is 1. The number of rotatable bonds is 5. The third-order valence-corrected chi connectivity index (χ3v) is 7.02. The minimum absolute atomic E-state index is 0.164. The van der Waals surface area contributed by atoms with Crippen molar-refractivity contribution in [1.29, 1.82) is 5.26 Å². The minimum Gasteiger partial charge on any atom is -0.325 e. The van der Waals surface area contributed by atoms with Gasteiger partial charge in [0.25, 0.3) is 0 Å². The summed E-state index contributed by atoms with van der Waals surface area (Å²) in [5.74, 6) is -0.227. The highest BCUT2D eigenvalue weighted by atomic mass is 35.5. The van der Waals surface area contributed by atoms with Crippen molar-refractivity contribution in [2.45, 2.75) is 17.9 Å². The summed E-state index contributed by atoms with van der Waals surface area (Å²) in [7, 11) is -3.59. The van der Waals surface area contributed by atoms with Gasteiger partial charge in [0, 0.05) is 44.3 Å². The Morgan fingerprint density at radius 1 is 1.28 bits per heavy atom. The van der Waals surface area contributed by atoms with E-state index >= 15 is 0 Å². The summed E-state index contributed by atoms with van der Waals surface area (Å²) in [6.07, 6.45) is 2.86. The van der Waals surface area contributed by atoms with Crippen LogP contribution in [0.2, 0.25) is 5.02 Å². The summed E-state index contributed by atoms with van der Waals surface area (Å²) in [6, 6.07) is 9.32. The quantitative estimate of drug-likeness (QED) is 0.772. The van der Waals surface area contributed by atoms with Gasteiger partial charge in [-0.2, -0.15) is 9.57 Å². The molecule has 0 spiro atoms. The number of anilines is 1. The molecule has 1 N–H and O–H groups in total. The first-order valence-electron chi connectivity index (χ1n) is 8.97. The third kappa shape index (κ3) is 4.74. The summed E-state index contributed by atoms with van der Waals surface area (Å²) in [6.45, 7) is 3.21. The molecular weight excluding hydrogens is 414 g/mol. The summed E-state index contributed by atoms with van der Waals surface area (Å²) >= 11 is 6.00. The Morgan fingerprint density at radius 2 is 2.00 bits per heavy atom. The fourth-order valence-electron chi connectivity index (χ4n) is 3.08. The molecule has 3 rings (SSSR count). The Balaban J connectivity index is 1.60. The van der Waals surface area contributed by atoms with Crippen molar-refractivity contribution < 1.29 is 13.2 Å². The number of hydrogen-bond acceptors (Lipinski definition) is 6. The number of halogens is 1. The predicted molar refractivity (Wildman–Crippen MR) is 109 cm³/mol. The molecule has 2 heterocycles. The Kier molecular flexibility index (Phi) is 6.49. The zero-order valence-electron chi connectivity index (χ0n) is 15.7. The SMILES string of the molecule is C[C@@H](C(=O)Nc1ccc(C#N)c(Cl)c1)N1CCN(S(=O)(=O)c2cccnc2)CC1. The number of carbonyl (C=O) groups is 1. The second kappa shape index (κ2) is 8.88. The van der Waals surface area contributed by atoms with Crippen molar-refractivity contribution >= 4 is 33.2 Å². The van der Waals surface area contributed by atoms with Crippen LogP contribution in [-0.2, 0) is 14.8 Å². The van der Waals surface area contributed by atoms with Crippen LogP contribution in [0.5, 0.6) is 0 Å². The van der Waals surface area contributed by atoms with Crippen molar-refractivity contribution in [3.8, 4) is 6.07 Å². The number of nitrogens with one attached hydrogen (secondary N) is 1. The van der Waals surface area contributed by atoms with Gasteiger partial charge in [-0.1, -0.05) is 11.6 Å². The maximum Gasteiger partial charge on any atom is 0.244 e. The van der Waals surface area contributed by atoms with E-state index in [-0.39, 0.29) is 28.9 Å². The standard InChI is InChI=1S/C19H20ClN5O3S/c1-14(19(26)23-16-5-4-15(12-21)18(20)11-16)24-7-9-25(10-8-24)29(27,28)17-3-2-6-22-13-17/h2-6,11,13-14H,7-10H2,1H3,(H,23,26)/t14-/m0/s1. The molecule has 0 radical (unpaired) electrons. The van der Waals surface area contributed by atoms with E-state index in [0.717, 1.165) is 0 Å². The highest BCUT2D eigenvalue weighted by molar-refractivity contribution is 7.89. The minimum atomic E-state index is -3.59. The van der Waals surface area contributed by atoms with E-state index in [0.29, 0.717) is 24.3 Å². The number of piperazine rings is 1. The van der Waals surface area contributed by atoms with E-state index < -0.39 is 16.1 Å². The number of pyridine rings is 1. The molecule has 1 atom stereocenters. The molecule has 1 aliphatic heterocycles. The smallest absolute Gasteiger partial charge is 0.244 e. The Labute approximate surface area is 174 Å². The van der Waals surface area contributed by atoms with Crippen LogP contribution in [-0.4, -0.2) is 60.7 Å². The van der Waals surface area contributed by atoms with Gasteiger partial charge in [0.2, 0.25) is 15.9 Å². The number of hydrogen-bond donors (Lipinski definition) is 1.